The summed E-state index contributed by atoms with van der Waals surface area (Å²) in [6, 6.07) is 13.2. The molecule has 0 aromatic heterocycles. The number of ether oxygens (including phenoxy) is 1. The van der Waals surface area contributed by atoms with Crippen LogP contribution in [0.3, 0.4) is 0 Å². The lowest BCUT2D eigenvalue weighted by Crippen LogP contribution is -2.32. The van der Waals surface area contributed by atoms with Gasteiger partial charge in [0.05, 0.1) is 18.3 Å². The maximum atomic E-state index is 12.7. The SMILES string of the molecule is O=C1CCSc2ccc(C(=O)NC3CCOc4ccccc43)cc2N1. The quantitative estimate of drug-likeness (QED) is 0.868. The van der Waals surface area contributed by atoms with Crippen molar-refractivity contribution >= 4 is 29.3 Å². The molecule has 1 atom stereocenters. The van der Waals surface area contributed by atoms with Crippen LogP contribution in [-0.2, 0) is 4.79 Å². The molecule has 2 N–H and O–H groups in total. The van der Waals surface area contributed by atoms with Gasteiger partial charge in [-0.05, 0) is 24.3 Å². The van der Waals surface area contributed by atoms with E-state index in [0.29, 0.717) is 24.3 Å². The second-order valence-corrected chi connectivity index (χ2v) is 7.20. The molecule has 128 valence electrons. The molecule has 0 saturated carbocycles. The average molecular weight is 354 g/mol. The van der Waals surface area contributed by atoms with Crippen LogP contribution in [0, 0.1) is 0 Å². The third kappa shape index (κ3) is 3.35. The van der Waals surface area contributed by atoms with Crippen LogP contribution >= 0.6 is 11.8 Å². The minimum Gasteiger partial charge on any atom is -0.493 e. The minimum absolute atomic E-state index is 0.0119. The number of anilines is 1. The van der Waals surface area contributed by atoms with Crippen LogP contribution in [0.25, 0.3) is 0 Å². The molecule has 5 nitrogen and oxygen atoms in total. The van der Waals surface area contributed by atoms with Crippen LogP contribution in [0.1, 0.15) is 34.8 Å². The average Bonchev–Trinajstić information content (AvgIpc) is 2.81. The highest BCUT2D eigenvalue weighted by Gasteiger charge is 2.23. The Labute approximate surface area is 150 Å². The van der Waals surface area contributed by atoms with E-state index in [1.165, 1.54) is 0 Å². The summed E-state index contributed by atoms with van der Waals surface area (Å²) < 4.78 is 5.64. The first kappa shape index (κ1) is 16.0. The number of benzene rings is 2. The zero-order valence-electron chi connectivity index (χ0n) is 13.6. The molecule has 2 aliphatic heterocycles. The third-order valence-corrected chi connectivity index (χ3v) is 5.44. The van der Waals surface area contributed by atoms with E-state index >= 15 is 0 Å². The van der Waals surface area contributed by atoms with Gasteiger partial charge in [-0.2, -0.15) is 0 Å². The molecule has 2 aromatic carbocycles. The topological polar surface area (TPSA) is 67.4 Å². The number of para-hydroxylation sites is 1. The molecule has 0 bridgehead atoms. The summed E-state index contributed by atoms with van der Waals surface area (Å²) in [6.07, 6.45) is 1.22. The van der Waals surface area contributed by atoms with Crippen LogP contribution < -0.4 is 15.4 Å². The minimum atomic E-state index is -0.145. The van der Waals surface area contributed by atoms with Crippen molar-refractivity contribution in [2.75, 3.05) is 17.7 Å². The van der Waals surface area contributed by atoms with E-state index in [1.807, 2.05) is 36.4 Å². The molecule has 6 heteroatoms. The number of hydrogen-bond acceptors (Lipinski definition) is 4. The van der Waals surface area contributed by atoms with Crippen molar-refractivity contribution in [2.45, 2.75) is 23.8 Å². The predicted molar refractivity (Wildman–Crippen MR) is 97.2 cm³/mol. The van der Waals surface area contributed by atoms with Gasteiger partial charge in [0.25, 0.3) is 5.91 Å². The van der Waals surface area contributed by atoms with Gasteiger partial charge in [0, 0.05) is 34.6 Å². The molecule has 0 fully saturated rings. The molecule has 2 heterocycles. The van der Waals surface area contributed by atoms with E-state index < -0.39 is 0 Å². The van der Waals surface area contributed by atoms with Crippen LogP contribution in [-0.4, -0.2) is 24.2 Å². The fourth-order valence-electron chi connectivity index (χ4n) is 3.09. The van der Waals surface area contributed by atoms with Crippen molar-refractivity contribution in [1.29, 1.82) is 0 Å². The smallest absolute Gasteiger partial charge is 0.251 e. The zero-order valence-corrected chi connectivity index (χ0v) is 14.4. The van der Waals surface area contributed by atoms with Gasteiger partial charge in [-0.1, -0.05) is 18.2 Å². The first-order chi connectivity index (χ1) is 12.2. The maximum absolute atomic E-state index is 12.7. The number of hydrogen-bond donors (Lipinski definition) is 2. The Morgan fingerprint density at radius 2 is 2.12 bits per heavy atom. The number of nitrogens with one attached hydrogen (secondary N) is 2. The van der Waals surface area contributed by atoms with Crippen LogP contribution in [0.15, 0.2) is 47.4 Å². The van der Waals surface area contributed by atoms with Crippen molar-refractivity contribution < 1.29 is 14.3 Å². The van der Waals surface area contributed by atoms with Crippen LogP contribution in [0.2, 0.25) is 0 Å². The van der Waals surface area contributed by atoms with Gasteiger partial charge in [-0.25, -0.2) is 0 Å². The van der Waals surface area contributed by atoms with E-state index in [9.17, 15) is 9.59 Å². The number of thioether (sulfide) groups is 1. The molecule has 25 heavy (non-hydrogen) atoms. The molecule has 4 rings (SSSR count). The summed E-state index contributed by atoms with van der Waals surface area (Å²) in [5.41, 5.74) is 2.26. The number of rotatable bonds is 2. The van der Waals surface area contributed by atoms with Crippen molar-refractivity contribution in [3.63, 3.8) is 0 Å². The monoisotopic (exact) mass is 354 g/mol. The van der Waals surface area contributed by atoms with Gasteiger partial charge in [-0.3, -0.25) is 9.59 Å². The van der Waals surface area contributed by atoms with Crippen molar-refractivity contribution in [1.82, 2.24) is 5.32 Å². The Kier molecular flexibility index (Phi) is 4.36. The summed E-state index contributed by atoms with van der Waals surface area (Å²) in [4.78, 5) is 25.4. The highest BCUT2D eigenvalue weighted by molar-refractivity contribution is 7.99. The normalized spacial score (nSPS) is 18.9. The van der Waals surface area contributed by atoms with E-state index in [1.54, 1.807) is 17.8 Å². The van der Waals surface area contributed by atoms with Crippen molar-refractivity contribution in [3.8, 4) is 5.75 Å². The predicted octanol–water partition coefficient (Wildman–Crippen LogP) is 3.37. The lowest BCUT2D eigenvalue weighted by Gasteiger charge is -2.26. The Hall–Kier alpha value is -2.47. The summed E-state index contributed by atoms with van der Waals surface area (Å²) in [6.45, 7) is 0.582. The van der Waals surface area contributed by atoms with Crippen LogP contribution in [0.5, 0.6) is 5.75 Å². The molecule has 0 saturated heterocycles. The van der Waals surface area contributed by atoms with E-state index in [2.05, 4.69) is 10.6 Å². The molecule has 1 unspecified atom stereocenters. The second-order valence-electron chi connectivity index (χ2n) is 6.06. The Morgan fingerprint density at radius 3 is 3.04 bits per heavy atom. The standard InChI is InChI=1S/C19H18N2O3S/c22-18-8-10-25-17-6-5-12(11-15(17)20-18)19(23)21-14-7-9-24-16-4-2-1-3-13(14)16/h1-6,11,14H,7-10H2,(H,20,22)(H,21,23). The molecule has 2 aliphatic rings. The second kappa shape index (κ2) is 6.80. The van der Waals surface area contributed by atoms with E-state index in [0.717, 1.165) is 28.4 Å². The highest BCUT2D eigenvalue weighted by atomic mass is 32.2. The summed E-state index contributed by atoms with van der Waals surface area (Å²) >= 11 is 1.63. The largest absolute Gasteiger partial charge is 0.493 e. The molecular weight excluding hydrogens is 336 g/mol. The highest BCUT2D eigenvalue weighted by Crippen LogP contribution is 2.33. The first-order valence-corrected chi connectivity index (χ1v) is 9.28. The number of fused-ring (bicyclic) bond motifs is 2. The zero-order chi connectivity index (χ0) is 17.2. The summed E-state index contributed by atoms with van der Waals surface area (Å²) in [5, 5.41) is 5.96. The van der Waals surface area contributed by atoms with Gasteiger partial charge in [0.2, 0.25) is 5.91 Å². The molecule has 0 radical (unpaired) electrons. The van der Waals surface area contributed by atoms with Gasteiger partial charge >= 0.3 is 0 Å². The fourth-order valence-corrected chi connectivity index (χ4v) is 4.03. The Bertz CT molecular complexity index is 837. The van der Waals surface area contributed by atoms with Gasteiger partial charge in [0.15, 0.2) is 0 Å². The molecule has 0 aliphatic carbocycles. The van der Waals surface area contributed by atoms with Crippen LogP contribution in [0.4, 0.5) is 5.69 Å². The van der Waals surface area contributed by atoms with E-state index in [4.69, 9.17) is 4.74 Å². The summed E-state index contributed by atoms with van der Waals surface area (Å²) in [7, 11) is 0. The fraction of sp³-hybridized carbons (Fsp3) is 0.263. The molecule has 2 amide bonds. The lowest BCUT2D eigenvalue weighted by molar-refractivity contribution is -0.115. The number of amides is 2. The van der Waals surface area contributed by atoms with Gasteiger partial charge in [0.1, 0.15) is 5.75 Å². The molecule has 0 spiro atoms. The molecular formula is C19H18N2O3S. The number of carbonyl (C=O) groups is 2. The van der Waals surface area contributed by atoms with Gasteiger partial charge in [-0.15, -0.1) is 11.8 Å². The van der Waals surface area contributed by atoms with E-state index in [-0.39, 0.29) is 17.9 Å². The van der Waals surface area contributed by atoms with Crippen molar-refractivity contribution in [3.05, 3.63) is 53.6 Å². The molecule has 2 aromatic rings. The summed E-state index contributed by atoms with van der Waals surface area (Å²) in [5.74, 6) is 1.42. The third-order valence-electron chi connectivity index (χ3n) is 4.37. The number of carbonyl (C=O) groups excluding carboxylic acids is 2. The lowest BCUT2D eigenvalue weighted by atomic mass is 10.00. The Balaban J connectivity index is 1.55. The first-order valence-electron chi connectivity index (χ1n) is 8.30. The van der Waals surface area contributed by atoms with Gasteiger partial charge < -0.3 is 15.4 Å². The maximum Gasteiger partial charge on any atom is 0.251 e. The Morgan fingerprint density at radius 1 is 1.24 bits per heavy atom. The van der Waals surface area contributed by atoms with Crippen molar-refractivity contribution in [2.24, 2.45) is 0 Å².